The third-order valence-corrected chi connectivity index (χ3v) is 3.22. The molecule has 0 unspecified atom stereocenters. The number of rotatable bonds is 2. The predicted molar refractivity (Wildman–Crippen MR) is 68.8 cm³/mol. The Kier molecular flexibility index (Phi) is 4.61. The van der Waals surface area contributed by atoms with Gasteiger partial charge in [-0.3, -0.25) is 0 Å². The SMILES string of the molecule is CC(C)(C)OC(=O)N1CCC[C@@H](NS(C)(=O)=O)C1. The quantitative estimate of drug-likeness (QED) is 0.815. The summed E-state index contributed by atoms with van der Waals surface area (Å²) in [4.78, 5) is 13.4. The third-order valence-electron chi connectivity index (χ3n) is 2.45. The second-order valence-corrected chi connectivity index (χ2v) is 7.44. The number of piperidine rings is 1. The number of ether oxygens (including phenoxy) is 1. The fraction of sp³-hybridized carbons (Fsp3) is 0.909. The van der Waals surface area contributed by atoms with Gasteiger partial charge in [0.1, 0.15) is 5.60 Å². The van der Waals surface area contributed by atoms with Gasteiger partial charge in [0.25, 0.3) is 0 Å². The van der Waals surface area contributed by atoms with Gasteiger partial charge in [-0.2, -0.15) is 0 Å². The van der Waals surface area contributed by atoms with E-state index >= 15 is 0 Å². The molecule has 0 aromatic carbocycles. The molecule has 0 spiro atoms. The first-order chi connectivity index (χ1) is 8.07. The van der Waals surface area contributed by atoms with E-state index in [1.807, 2.05) is 0 Å². The number of carbonyl (C=O) groups excluding carboxylic acids is 1. The van der Waals surface area contributed by atoms with Crippen LogP contribution < -0.4 is 4.72 Å². The van der Waals surface area contributed by atoms with Crippen molar-refractivity contribution in [1.82, 2.24) is 9.62 Å². The minimum absolute atomic E-state index is 0.221. The van der Waals surface area contributed by atoms with Crippen LogP contribution in [0.2, 0.25) is 0 Å². The van der Waals surface area contributed by atoms with E-state index in [2.05, 4.69) is 4.72 Å². The number of likely N-dealkylation sites (tertiary alicyclic amines) is 1. The summed E-state index contributed by atoms with van der Waals surface area (Å²) >= 11 is 0. The van der Waals surface area contributed by atoms with Crippen LogP contribution in [0.5, 0.6) is 0 Å². The molecule has 1 amide bonds. The van der Waals surface area contributed by atoms with Crippen LogP contribution in [-0.2, 0) is 14.8 Å². The summed E-state index contributed by atoms with van der Waals surface area (Å²) in [6.07, 6.45) is 2.25. The molecule has 0 radical (unpaired) electrons. The first kappa shape index (κ1) is 15.2. The summed E-state index contributed by atoms with van der Waals surface area (Å²) < 4.78 is 30.1. The van der Waals surface area contributed by atoms with E-state index in [1.54, 1.807) is 25.7 Å². The molecule has 1 aliphatic heterocycles. The maximum atomic E-state index is 11.9. The monoisotopic (exact) mass is 278 g/mol. The van der Waals surface area contributed by atoms with Crippen LogP contribution in [0.1, 0.15) is 33.6 Å². The fourth-order valence-electron chi connectivity index (χ4n) is 1.87. The van der Waals surface area contributed by atoms with Gasteiger partial charge in [0, 0.05) is 19.1 Å². The van der Waals surface area contributed by atoms with Gasteiger partial charge in [-0.25, -0.2) is 17.9 Å². The predicted octanol–water partition coefficient (Wildman–Crippen LogP) is 0.935. The van der Waals surface area contributed by atoms with Gasteiger partial charge in [-0.05, 0) is 33.6 Å². The molecule has 1 saturated heterocycles. The lowest BCUT2D eigenvalue weighted by Crippen LogP contribution is -2.50. The lowest BCUT2D eigenvalue weighted by Gasteiger charge is -2.34. The van der Waals surface area contributed by atoms with Crippen molar-refractivity contribution in [3.8, 4) is 0 Å². The maximum Gasteiger partial charge on any atom is 0.410 e. The van der Waals surface area contributed by atoms with Crippen LogP contribution in [0.15, 0.2) is 0 Å². The van der Waals surface area contributed by atoms with E-state index in [0.29, 0.717) is 13.1 Å². The molecule has 0 aromatic rings. The minimum Gasteiger partial charge on any atom is -0.444 e. The summed E-state index contributed by atoms with van der Waals surface area (Å²) in [5.41, 5.74) is -0.533. The van der Waals surface area contributed by atoms with Crippen molar-refractivity contribution in [3.63, 3.8) is 0 Å². The van der Waals surface area contributed by atoms with Crippen LogP contribution in [0, 0.1) is 0 Å². The van der Waals surface area contributed by atoms with Crippen molar-refractivity contribution in [3.05, 3.63) is 0 Å². The molecule has 0 aliphatic carbocycles. The van der Waals surface area contributed by atoms with Crippen molar-refractivity contribution in [2.24, 2.45) is 0 Å². The summed E-state index contributed by atoms with van der Waals surface area (Å²) in [6.45, 7) is 6.39. The Balaban J connectivity index is 2.56. The average Bonchev–Trinajstić information content (AvgIpc) is 2.12. The first-order valence-corrected chi connectivity index (χ1v) is 7.91. The summed E-state index contributed by atoms with van der Waals surface area (Å²) in [6, 6.07) is -0.221. The van der Waals surface area contributed by atoms with E-state index < -0.39 is 15.6 Å². The molecule has 1 atom stereocenters. The Bertz CT molecular complexity index is 400. The second kappa shape index (κ2) is 5.44. The van der Waals surface area contributed by atoms with Gasteiger partial charge < -0.3 is 9.64 Å². The lowest BCUT2D eigenvalue weighted by molar-refractivity contribution is 0.0195. The highest BCUT2D eigenvalue weighted by Gasteiger charge is 2.28. The van der Waals surface area contributed by atoms with Crippen molar-refractivity contribution >= 4 is 16.1 Å². The minimum atomic E-state index is -3.24. The molecule has 1 aliphatic rings. The molecule has 18 heavy (non-hydrogen) atoms. The molecule has 7 heteroatoms. The third kappa shape index (κ3) is 5.68. The van der Waals surface area contributed by atoms with E-state index in [1.165, 1.54) is 0 Å². The zero-order valence-corrected chi connectivity index (χ0v) is 12.2. The highest BCUT2D eigenvalue weighted by atomic mass is 32.2. The highest BCUT2D eigenvalue weighted by molar-refractivity contribution is 7.88. The molecule has 6 nitrogen and oxygen atoms in total. The van der Waals surface area contributed by atoms with Gasteiger partial charge >= 0.3 is 6.09 Å². The van der Waals surface area contributed by atoms with Crippen LogP contribution in [-0.4, -0.2) is 50.4 Å². The zero-order valence-electron chi connectivity index (χ0n) is 11.4. The molecule has 0 saturated carbocycles. The van der Waals surface area contributed by atoms with E-state index in [4.69, 9.17) is 4.74 Å². The fourth-order valence-corrected chi connectivity index (χ4v) is 2.67. The number of carbonyl (C=O) groups is 1. The summed E-state index contributed by atoms with van der Waals surface area (Å²) in [5.74, 6) is 0. The Morgan fingerprint density at radius 1 is 1.39 bits per heavy atom. The molecular formula is C11H22N2O4S. The molecule has 106 valence electrons. The van der Waals surface area contributed by atoms with E-state index in [-0.39, 0.29) is 12.1 Å². The van der Waals surface area contributed by atoms with Gasteiger partial charge in [-0.1, -0.05) is 0 Å². The van der Waals surface area contributed by atoms with Gasteiger partial charge in [0.15, 0.2) is 0 Å². The van der Waals surface area contributed by atoms with Crippen LogP contribution in [0.3, 0.4) is 0 Å². The molecule has 1 fully saturated rings. The van der Waals surface area contributed by atoms with Crippen molar-refractivity contribution < 1.29 is 17.9 Å². The largest absolute Gasteiger partial charge is 0.444 e. The number of hydrogen-bond donors (Lipinski definition) is 1. The van der Waals surface area contributed by atoms with E-state index in [0.717, 1.165) is 19.1 Å². The number of sulfonamides is 1. The Hall–Kier alpha value is -0.820. The van der Waals surface area contributed by atoms with Gasteiger partial charge in [0.2, 0.25) is 10.0 Å². The Labute approximate surface area is 109 Å². The van der Waals surface area contributed by atoms with E-state index in [9.17, 15) is 13.2 Å². The highest BCUT2D eigenvalue weighted by Crippen LogP contribution is 2.15. The van der Waals surface area contributed by atoms with Crippen LogP contribution in [0.25, 0.3) is 0 Å². The van der Waals surface area contributed by atoms with Gasteiger partial charge in [0.05, 0.1) is 6.26 Å². The summed E-state index contributed by atoms with van der Waals surface area (Å²) in [7, 11) is -3.24. The smallest absolute Gasteiger partial charge is 0.410 e. The zero-order chi connectivity index (χ0) is 14.0. The Morgan fingerprint density at radius 2 is 2.00 bits per heavy atom. The molecule has 1 N–H and O–H groups in total. The molecule has 0 bridgehead atoms. The Morgan fingerprint density at radius 3 is 2.50 bits per heavy atom. The van der Waals surface area contributed by atoms with Crippen molar-refractivity contribution in [1.29, 1.82) is 0 Å². The molecule has 1 heterocycles. The molecule has 1 rings (SSSR count). The van der Waals surface area contributed by atoms with Crippen molar-refractivity contribution in [2.75, 3.05) is 19.3 Å². The van der Waals surface area contributed by atoms with Crippen LogP contribution >= 0.6 is 0 Å². The first-order valence-electron chi connectivity index (χ1n) is 6.02. The number of nitrogens with zero attached hydrogens (tertiary/aromatic N) is 1. The normalized spacial score (nSPS) is 21.8. The van der Waals surface area contributed by atoms with Crippen molar-refractivity contribution in [2.45, 2.75) is 45.3 Å². The standard InChI is InChI=1S/C11H22N2O4S/c1-11(2,3)17-10(14)13-7-5-6-9(8-13)12-18(4,15)16/h9,12H,5-8H2,1-4H3/t9-/m1/s1. The second-order valence-electron chi connectivity index (χ2n) is 5.66. The maximum absolute atomic E-state index is 11.9. The van der Waals surface area contributed by atoms with Gasteiger partial charge in [-0.15, -0.1) is 0 Å². The number of amides is 1. The summed E-state index contributed by atoms with van der Waals surface area (Å²) in [5, 5.41) is 0. The number of hydrogen-bond acceptors (Lipinski definition) is 4. The average molecular weight is 278 g/mol. The molecule has 0 aromatic heterocycles. The van der Waals surface area contributed by atoms with Crippen LogP contribution in [0.4, 0.5) is 4.79 Å². The lowest BCUT2D eigenvalue weighted by atomic mass is 10.1. The molecular weight excluding hydrogens is 256 g/mol. The topological polar surface area (TPSA) is 75.7 Å². The number of nitrogens with one attached hydrogen (secondary N) is 1.